The molecular weight excluding hydrogens is 190 g/mol. The average molecular weight is 213 g/mol. The number of rotatable bonds is 3. The molecule has 88 valence electrons. The lowest BCUT2D eigenvalue weighted by Crippen LogP contribution is -2.51. The molecule has 0 bridgehead atoms. The van der Waals surface area contributed by atoms with E-state index in [1.54, 1.807) is 0 Å². The maximum Gasteiger partial charge on any atom is 0.0594 e. The molecule has 15 heavy (non-hydrogen) atoms. The maximum absolute atomic E-state index is 5.34. The van der Waals surface area contributed by atoms with Crippen LogP contribution in [0.25, 0.3) is 0 Å². The van der Waals surface area contributed by atoms with Crippen LogP contribution in [0.15, 0.2) is 0 Å². The molecule has 1 N–H and O–H groups in total. The molecule has 0 saturated carbocycles. The summed E-state index contributed by atoms with van der Waals surface area (Å²) in [6, 6.07) is 0.656. The summed E-state index contributed by atoms with van der Waals surface area (Å²) in [6.45, 7) is 12.3. The lowest BCUT2D eigenvalue weighted by Gasteiger charge is -2.34. The third-order valence-electron chi connectivity index (χ3n) is 3.29. The summed E-state index contributed by atoms with van der Waals surface area (Å²) in [4.78, 5) is 5.08. The third-order valence-corrected chi connectivity index (χ3v) is 3.29. The Labute approximate surface area is 92.6 Å². The van der Waals surface area contributed by atoms with Crippen LogP contribution in [-0.4, -0.2) is 74.9 Å². The zero-order valence-electron chi connectivity index (χ0n) is 9.74. The quantitative estimate of drug-likeness (QED) is 0.691. The first-order chi connectivity index (χ1) is 7.34. The molecule has 2 aliphatic rings. The minimum Gasteiger partial charge on any atom is -0.379 e. The molecule has 0 aliphatic carbocycles. The van der Waals surface area contributed by atoms with E-state index in [-0.39, 0.29) is 0 Å². The summed E-state index contributed by atoms with van der Waals surface area (Å²) in [5.74, 6) is 0. The molecule has 0 spiro atoms. The number of ether oxygens (including phenoxy) is 1. The van der Waals surface area contributed by atoms with E-state index in [1.165, 1.54) is 26.2 Å². The predicted octanol–water partition coefficient (Wildman–Crippen LogP) is -0.388. The summed E-state index contributed by atoms with van der Waals surface area (Å²) in [7, 11) is 0. The SMILES string of the molecule is C[C@H]1CN(CCN2CCOCC2)CCN1. The van der Waals surface area contributed by atoms with Gasteiger partial charge in [0, 0.05) is 51.9 Å². The van der Waals surface area contributed by atoms with Crippen molar-refractivity contribution in [2.45, 2.75) is 13.0 Å². The number of nitrogens with zero attached hydrogens (tertiary/aromatic N) is 2. The molecule has 2 aliphatic heterocycles. The fraction of sp³-hybridized carbons (Fsp3) is 1.00. The summed E-state index contributed by atoms with van der Waals surface area (Å²) < 4.78 is 5.34. The van der Waals surface area contributed by atoms with Crippen molar-refractivity contribution in [3.8, 4) is 0 Å². The smallest absolute Gasteiger partial charge is 0.0594 e. The topological polar surface area (TPSA) is 27.7 Å². The van der Waals surface area contributed by atoms with E-state index in [1.807, 2.05) is 0 Å². The lowest BCUT2D eigenvalue weighted by atomic mass is 10.2. The molecule has 2 rings (SSSR count). The van der Waals surface area contributed by atoms with Crippen molar-refractivity contribution in [2.24, 2.45) is 0 Å². The van der Waals surface area contributed by atoms with E-state index >= 15 is 0 Å². The van der Waals surface area contributed by atoms with E-state index < -0.39 is 0 Å². The van der Waals surface area contributed by atoms with Crippen molar-refractivity contribution in [1.29, 1.82) is 0 Å². The normalized spacial score (nSPS) is 30.6. The Balaban J connectivity index is 1.63. The van der Waals surface area contributed by atoms with Gasteiger partial charge in [-0.05, 0) is 6.92 Å². The van der Waals surface area contributed by atoms with Gasteiger partial charge in [-0.25, -0.2) is 0 Å². The zero-order valence-corrected chi connectivity index (χ0v) is 9.74. The monoisotopic (exact) mass is 213 g/mol. The molecule has 4 heteroatoms. The molecule has 2 saturated heterocycles. The van der Waals surface area contributed by atoms with Gasteiger partial charge in [0.15, 0.2) is 0 Å². The summed E-state index contributed by atoms with van der Waals surface area (Å²) >= 11 is 0. The van der Waals surface area contributed by atoms with E-state index in [2.05, 4.69) is 22.0 Å². The Morgan fingerprint density at radius 3 is 2.60 bits per heavy atom. The highest BCUT2D eigenvalue weighted by Gasteiger charge is 2.16. The molecule has 4 nitrogen and oxygen atoms in total. The summed E-state index contributed by atoms with van der Waals surface area (Å²) in [5, 5.41) is 3.47. The fourth-order valence-electron chi connectivity index (χ4n) is 2.32. The Bertz CT molecular complexity index is 183. The first-order valence-electron chi connectivity index (χ1n) is 6.10. The van der Waals surface area contributed by atoms with Crippen LogP contribution in [0.4, 0.5) is 0 Å². The van der Waals surface area contributed by atoms with Crippen LogP contribution in [0.5, 0.6) is 0 Å². The van der Waals surface area contributed by atoms with Crippen molar-refractivity contribution in [3.63, 3.8) is 0 Å². The van der Waals surface area contributed by atoms with Crippen LogP contribution in [0.1, 0.15) is 6.92 Å². The van der Waals surface area contributed by atoms with Gasteiger partial charge in [0.25, 0.3) is 0 Å². The van der Waals surface area contributed by atoms with Crippen LogP contribution < -0.4 is 5.32 Å². The molecule has 2 fully saturated rings. The molecule has 2 heterocycles. The first kappa shape index (κ1) is 11.3. The van der Waals surface area contributed by atoms with Crippen LogP contribution in [-0.2, 0) is 4.74 Å². The summed E-state index contributed by atoms with van der Waals surface area (Å²) in [5.41, 5.74) is 0. The Kier molecular flexibility index (Phi) is 4.38. The van der Waals surface area contributed by atoms with Crippen molar-refractivity contribution in [1.82, 2.24) is 15.1 Å². The van der Waals surface area contributed by atoms with Gasteiger partial charge in [-0.1, -0.05) is 0 Å². The Morgan fingerprint density at radius 1 is 1.13 bits per heavy atom. The molecule has 0 aromatic heterocycles. The molecule has 0 radical (unpaired) electrons. The molecule has 1 atom stereocenters. The van der Waals surface area contributed by atoms with Crippen LogP contribution >= 0.6 is 0 Å². The number of hydrogen-bond donors (Lipinski definition) is 1. The molecular formula is C11H23N3O. The molecule has 0 aromatic carbocycles. The van der Waals surface area contributed by atoms with Gasteiger partial charge in [0.05, 0.1) is 13.2 Å². The second-order valence-corrected chi connectivity index (χ2v) is 4.61. The fourth-order valence-corrected chi connectivity index (χ4v) is 2.32. The minimum atomic E-state index is 0.656. The van der Waals surface area contributed by atoms with E-state index in [0.717, 1.165) is 32.8 Å². The third kappa shape index (κ3) is 3.72. The largest absolute Gasteiger partial charge is 0.379 e. The van der Waals surface area contributed by atoms with Crippen molar-refractivity contribution in [2.75, 3.05) is 59.0 Å². The number of hydrogen-bond acceptors (Lipinski definition) is 4. The maximum atomic E-state index is 5.34. The molecule has 0 aromatic rings. The molecule has 0 amide bonds. The Morgan fingerprint density at radius 2 is 1.87 bits per heavy atom. The van der Waals surface area contributed by atoms with Gasteiger partial charge < -0.3 is 10.1 Å². The highest BCUT2D eigenvalue weighted by atomic mass is 16.5. The highest BCUT2D eigenvalue weighted by Crippen LogP contribution is 2.01. The first-order valence-corrected chi connectivity index (χ1v) is 6.10. The van der Waals surface area contributed by atoms with Gasteiger partial charge in [-0.3, -0.25) is 9.80 Å². The predicted molar refractivity (Wildman–Crippen MR) is 61.2 cm³/mol. The van der Waals surface area contributed by atoms with E-state index in [0.29, 0.717) is 6.04 Å². The van der Waals surface area contributed by atoms with Crippen molar-refractivity contribution in [3.05, 3.63) is 0 Å². The van der Waals surface area contributed by atoms with E-state index in [9.17, 15) is 0 Å². The second kappa shape index (κ2) is 5.80. The van der Waals surface area contributed by atoms with Gasteiger partial charge >= 0.3 is 0 Å². The summed E-state index contributed by atoms with van der Waals surface area (Å²) in [6.07, 6.45) is 0. The number of morpholine rings is 1. The van der Waals surface area contributed by atoms with Gasteiger partial charge in [-0.2, -0.15) is 0 Å². The van der Waals surface area contributed by atoms with Crippen molar-refractivity contribution < 1.29 is 4.74 Å². The van der Waals surface area contributed by atoms with Crippen LogP contribution in [0, 0.1) is 0 Å². The zero-order chi connectivity index (χ0) is 10.5. The van der Waals surface area contributed by atoms with Crippen LogP contribution in [0.3, 0.4) is 0 Å². The minimum absolute atomic E-state index is 0.656. The van der Waals surface area contributed by atoms with Crippen molar-refractivity contribution >= 4 is 0 Å². The highest BCUT2D eigenvalue weighted by molar-refractivity contribution is 4.76. The van der Waals surface area contributed by atoms with Gasteiger partial charge in [0.2, 0.25) is 0 Å². The van der Waals surface area contributed by atoms with Gasteiger partial charge in [-0.15, -0.1) is 0 Å². The molecule has 0 unspecified atom stereocenters. The van der Waals surface area contributed by atoms with Crippen LogP contribution in [0.2, 0.25) is 0 Å². The number of nitrogens with one attached hydrogen (secondary N) is 1. The number of piperazine rings is 1. The average Bonchev–Trinajstić information content (AvgIpc) is 2.28. The van der Waals surface area contributed by atoms with Gasteiger partial charge in [0.1, 0.15) is 0 Å². The second-order valence-electron chi connectivity index (χ2n) is 4.61. The Hall–Kier alpha value is -0.160. The standard InChI is InChI=1S/C11H23N3O/c1-11-10-14(3-2-12-11)5-4-13-6-8-15-9-7-13/h11-12H,2-10H2,1H3/t11-/m0/s1. The lowest BCUT2D eigenvalue weighted by molar-refractivity contribution is 0.0320. The van der Waals surface area contributed by atoms with E-state index in [4.69, 9.17) is 4.74 Å².